The van der Waals surface area contributed by atoms with Crippen molar-refractivity contribution in [1.29, 1.82) is 0 Å². The quantitative estimate of drug-likeness (QED) is 0.465. The van der Waals surface area contributed by atoms with Gasteiger partial charge in [-0.2, -0.15) is 5.10 Å². The Kier molecular flexibility index (Phi) is 6.87. The summed E-state index contributed by atoms with van der Waals surface area (Å²) in [6, 6.07) is 10.1. The smallest absolute Gasteiger partial charge is 0.276 e. The summed E-state index contributed by atoms with van der Waals surface area (Å²) in [6.07, 6.45) is 2.23. The number of ether oxygens (including phenoxy) is 1. The molecule has 0 aliphatic heterocycles. The molecule has 0 bridgehead atoms. The number of aryl methyl sites for hydroxylation is 1. The lowest BCUT2D eigenvalue weighted by molar-refractivity contribution is 0.0948. The molecular weight excluding hydrogens is 386 g/mol. The van der Waals surface area contributed by atoms with E-state index in [9.17, 15) is 9.59 Å². The molecule has 3 aromatic rings. The van der Waals surface area contributed by atoms with Gasteiger partial charge in [0.05, 0.1) is 18.4 Å². The number of hydrogen-bond donors (Lipinski definition) is 3. The van der Waals surface area contributed by atoms with Gasteiger partial charge in [0, 0.05) is 25.3 Å². The topological polar surface area (TPSA) is 124 Å². The van der Waals surface area contributed by atoms with Crippen LogP contribution in [0.1, 0.15) is 34.2 Å². The van der Waals surface area contributed by atoms with Crippen molar-refractivity contribution in [2.24, 2.45) is 12.8 Å². The number of anilines is 1. The molecule has 1 aromatic carbocycles. The molecule has 0 unspecified atom stereocenters. The molecule has 158 valence electrons. The van der Waals surface area contributed by atoms with Crippen molar-refractivity contribution in [1.82, 2.24) is 15.1 Å². The lowest BCUT2D eigenvalue weighted by Gasteiger charge is -2.13. The van der Waals surface area contributed by atoms with Gasteiger partial charge in [-0.05, 0) is 50.2 Å². The molecule has 0 aliphatic carbocycles. The molecule has 4 N–H and O–H groups in total. The van der Waals surface area contributed by atoms with Gasteiger partial charge in [-0.3, -0.25) is 14.3 Å². The number of carbonyl (C=O) groups excluding carboxylic acids is 2. The average molecular weight is 411 g/mol. The van der Waals surface area contributed by atoms with Crippen LogP contribution in [0.3, 0.4) is 0 Å². The van der Waals surface area contributed by atoms with Gasteiger partial charge in [0.2, 0.25) is 0 Å². The second-order valence-electron chi connectivity index (χ2n) is 6.51. The Morgan fingerprint density at radius 2 is 2.07 bits per heavy atom. The summed E-state index contributed by atoms with van der Waals surface area (Å²) >= 11 is 0. The fourth-order valence-electron chi connectivity index (χ4n) is 2.89. The fraction of sp³-hybridized carbons (Fsp3) is 0.286. The van der Waals surface area contributed by atoms with Crippen LogP contribution in [-0.2, 0) is 7.05 Å². The van der Waals surface area contributed by atoms with Crippen molar-refractivity contribution in [3.05, 3.63) is 53.9 Å². The molecule has 0 spiro atoms. The zero-order valence-corrected chi connectivity index (χ0v) is 17.0. The maximum Gasteiger partial charge on any atom is 0.276 e. The number of rotatable bonds is 9. The minimum atomic E-state index is -0.401. The van der Waals surface area contributed by atoms with Gasteiger partial charge in [-0.15, -0.1) is 0 Å². The first kappa shape index (κ1) is 21.1. The summed E-state index contributed by atoms with van der Waals surface area (Å²) in [6.45, 7) is 3.20. The Bertz CT molecular complexity index is 1010. The van der Waals surface area contributed by atoms with Crippen LogP contribution in [0.15, 0.2) is 47.1 Å². The number of furan rings is 1. The predicted octanol–water partition coefficient (Wildman–Crippen LogP) is 2.41. The molecule has 0 aliphatic rings. The van der Waals surface area contributed by atoms with Crippen molar-refractivity contribution >= 4 is 17.5 Å². The number of amides is 2. The molecule has 9 nitrogen and oxygen atoms in total. The third-order valence-corrected chi connectivity index (χ3v) is 4.33. The standard InChI is InChI=1S/C21H25N5O4/c1-3-29-18-8-7-14(12-15(18)20(27)23-10-5-9-22)24-21(28)16-13-17(26(2)25-16)19-6-4-11-30-19/h4,6-8,11-13H,3,5,9-10,22H2,1-2H3,(H,23,27)(H,24,28). The Morgan fingerprint density at radius 3 is 2.77 bits per heavy atom. The number of nitrogens with zero attached hydrogens (tertiary/aromatic N) is 2. The van der Waals surface area contributed by atoms with Crippen LogP contribution in [-0.4, -0.2) is 41.3 Å². The van der Waals surface area contributed by atoms with Crippen LogP contribution >= 0.6 is 0 Å². The van der Waals surface area contributed by atoms with Gasteiger partial charge in [0.1, 0.15) is 11.4 Å². The molecule has 0 radical (unpaired) electrons. The van der Waals surface area contributed by atoms with Crippen LogP contribution in [0.25, 0.3) is 11.5 Å². The Labute approximate surface area is 174 Å². The number of nitrogens with two attached hydrogens (primary N) is 1. The molecule has 0 fully saturated rings. The van der Waals surface area contributed by atoms with E-state index in [0.717, 1.165) is 0 Å². The summed E-state index contributed by atoms with van der Waals surface area (Å²) in [4.78, 5) is 25.2. The van der Waals surface area contributed by atoms with E-state index in [-0.39, 0.29) is 11.6 Å². The van der Waals surface area contributed by atoms with E-state index in [0.29, 0.717) is 54.6 Å². The molecule has 30 heavy (non-hydrogen) atoms. The monoisotopic (exact) mass is 411 g/mol. The van der Waals surface area contributed by atoms with Gasteiger partial charge in [-0.25, -0.2) is 0 Å². The molecule has 9 heteroatoms. The highest BCUT2D eigenvalue weighted by atomic mass is 16.5. The molecule has 2 heterocycles. The highest BCUT2D eigenvalue weighted by Crippen LogP contribution is 2.24. The van der Waals surface area contributed by atoms with Gasteiger partial charge >= 0.3 is 0 Å². The highest BCUT2D eigenvalue weighted by Gasteiger charge is 2.18. The molecule has 3 rings (SSSR count). The number of benzene rings is 1. The third kappa shape index (κ3) is 4.87. The van der Waals surface area contributed by atoms with Gasteiger partial charge in [-0.1, -0.05) is 0 Å². The maximum absolute atomic E-state index is 12.7. The summed E-state index contributed by atoms with van der Waals surface area (Å²) in [7, 11) is 1.73. The largest absolute Gasteiger partial charge is 0.493 e. The molecule has 0 atom stereocenters. The summed E-state index contributed by atoms with van der Waals surface area (Å²) < 4.78 is 12.5. The van der Waals surface area contributed by atoms with Crippen LogP contribution in [0, 0.1) is 0 Å². The number of aromatic nitrogens is 2. The Morgan fingerprint density at radius 1 is 1.23 bits per heavy atom. The second-order valence-corrected chi connectivity index (χ2v) is 6.51. The molecule has 2 aromatic heterocycles. The normalized spacial score (nSPS) is 10.6. The van der Waals surface area contributed by atoms with Crippen molar-refractivity contribution in [3.8, 4) is 17.2 Å². The van der Waals surface area contributed by atoms with Crippen molar-refractivity contribution in [2.45, 2.75) is 13.3 Å². The van der Waals surface area contributed by atoms with E-state index in [4.69, 9.17) is 14.9 Å². The van der Waals surface area contributed by atoms with Crippen molar-refractivity contribution in [3.63, 3.8) is 0 Å². The van der Waals surface area contributed by atoms with Gasteiger partial charge in [0.25, 0.3) is 11.8 Å². The second kappa shape index (κ2) is 9.75. The predicted molar refractivity (Wildman–Crippen MR) is 112 cm³/mol. The first-order valence-electron chi connectivity index (χ1n) is 9.67. The Hall–Kier alpha value is -3.59. The number of carbonyl (C=O) groups is 2. The van der Waals surface area contributed by atoms with E-state index in [1.807, 2.05) is 6.92 Å². The summed E-state index contributed by atoms with van der Waals surface area (Å²) in [5, 5.41) is 9.82. The van der Waals surface area contributed by atoms with Crippen molar-refractivity contribution < 1.29 is 18.7 Å². The van der Waals surface area contributed by atoms with E-state index in [1.165, 1.54) is 0 Å². The molecule has 0 saturated carbocycles. The van der Waals surface area contributed by atoms with Gasteiger partial charge < -0.3 is 25.5 Å². The third-order valence-electron chi connectivity index (χ3n) is 4.33. The fourth-order valence-corrected chi connectivity index (χ4v) is 2.89. The van der Waals surface area contributed by atoms with Crippen LogP contribution in [0.2, 0.25) is 0 Å². The van der Waals surface area contributed by atoms with E-state index in [1.54, 1.807) is 54.4 Å². The first-order chi connectivity index (χ1) is 14.5. The summed E-state index contributed by atoms with van der Waals surface area (Å²) in [5.41, 5.74) is 7.17. The zero-order valence-electron chi connectivity index (χ0n) is 17.0. The van der Waals surface area contributed by atoms with E-state index >= 15 is 0 Å². The van der Waals surface area contributed by atoms with Crippen LogP contribution < -0.4 is 21.1 Å². The number of nitrogens with one attached hydrogen (secondary N) is 2. The van der Waals surface area contributed by atoms with Gasteiger partial charge in [0.15, 0.2) is 11.5 Å². The molecule has 0 saturated heterocycles. The average Bonchev–Trinajstić information content (AvgIpc) is 3.39. The minimum Gasteiger partial charge on any atom is -0.493 e. The summed E-state index contributed by atoms with van der Waals surface area (Å²) in [5.74, 6) is 0.364. The van der Waals surface area contributed by atoms with Crippen LogP contribution in [0.5, 0.6) is 5.75 Å². The maximum atomic E-state index is 12.7. The molecule has 2 amide bonds. The Balaban J connectivity index is 1.79. The van der Waals surface area contributed by atoms with Crippen molar-refractivity contribution in [2.75, 3.05) is 25.0 Å². The lowest BCUT2D eigenvalue weighted by atomic mass is 10.1. The van der Waals surface area contributed by atoms with E-state index in [2.05, 4.69) is 15.7 Å². The van der Waals surface area contributed by atoms with Crippen LogP contribution in [0.4, 0.5) is 5.69 Å². The number of hydrogen-bond acceptors (Lipinski definition) is 6. The zero-order chi connectivity index (χ0) is 21.5. The highest BCUT2D eigenvalue weighted by molar-refractivity contribution is 6.05. The molecular formula is C21H25N5O4. The lowest BCUT2D eigenvalue weighted by Crippen LogP contribution is -2.26. The van der Waals surface area contributed by atoms with E-state index < -0.39 is 5.91 Å². The first-order valence-corrected chi connectivity index (χ1v) is 9.67. The SMILES string of the molecule is CCOc1ccc(NC(=O)c2cc(-c3ccco3)n(C)n2)cc1C(=O)NCCCN. The minimum absolute atomic E-state index is 0.228.